The molecule has 0 bridgehead atoms. The zero-order valence-corrected chi connectivity index (χ0v) is 10.1. The summed E-state index contributed by atoms with van der Waals surface area (Å²) in [4.78, 5) is 0. The van der Waals surface area contributed by atoms with Crippen molar-refractivity contribution in [2.24, 2.45) is 0 Å². The van der Waals surface area contributed by atoms with Gasteiger partial charge in [-0.25, -0.2) is 0 Å². The SMILES string of the molecule is Cl/C(=C(\Br)I)c1ccsc1. The van der Waals surface area contributed by atoms with Crippen molar-refractivity contribution < 1.29 is 0 Å². The maximum Gasteiger partial charge on any atom is 0.0751 e. The summed E-state index contributed by atoms with van der Waals surface area (Å²) in [6, 6.07) is 1.99. The van der Waals surface area contributed by atoms with Gasteiger partial charge >= 0.3 is 0 Å². The third-order valence-corrected chi connectivity index (χ3v) is 3.51. The summed E-state index contributed by atoms with van der Waals surface area (Å²) in [5.74, 6) is 0. The quantitative estimate of drug-likeness (QED) is 0.658. The predicted molar refractivity (Wildman–Crippen MR) is 60.0 cm³/mol. The van der Waals surface area contributed by atoms with Gasteiger partial charge in [-0.1, -0.05) is 11.6 Å². The van der Waals surface area contributed by atoms with Crippen LogP contribution in [0.25, 0.3) is 5.03 Å². The Balaban J connectivity index is 2.99. The third-order valence-electron chi connectivity index (χ3n) is 0.941. The molecule has 0 aliphatic heterocycles. The summed E-state index contributed by atoms with van der Waals surface area (Å²) in [5.41, 5.74) is 1.08. The minimum Gasteiger partial charge on any atom is -0.152 e. The van der Waals surface area contributed by atoms with E-state index in [1.807, 2.05) is 16.8 Å². The van der Waals surface area contributed by atoms with Crippen LogP contribution in [0.3, 0.4) is 0 Å². The summed E-state index contributed by atoms with van der Waals surface area (Å²) < 4.78 is 0.949. The first kappa shape index (κ1) is 9.03. The highest BCUT2D eigenvalue weighted by Crippen LogP contribution is 2.31. The van der Waals surface area contributed by atoms with Crippen molar-refractivity contribution in [1.82, 2.24) is 0 Å². The van der Waals surface area contributed by atoms with Gasteiger partial charge in [0.05, 0.1) is 7.52 Å². The molecular formula is C6H3BrClIS. The van der Waals surface area contributed by atoms with Crippen LogP contribution in [0.1, 0.15) is 5.56 Å². The first-order valence-electron chi connectivity index (χ1n) is 2.45. The van der Waals surface area contributed by atoms with Gasteiger partial charge in [0.2, 0.25) is 0 Å². The minimum atomic E-state index is 0.779. The van der Waals surface area contributed by atoms with Gasteiger partial charge in [0.1, 0.15) is 0 Å². The van der Waals surface area contributed by atoms with Crippen molar-refractivity contribution in [2.45, 2.75) is 0 Å². The van der Waals surface area contributed by atoms with Crippen molar-refractivity contribution in [3.63, 3.8) is 0 Å². The molecule has 1 rings (SSSR count). The maximum absolute atomic E-state index is 5.91. The van der Waals surface area contributed by atoms with E-state index in [0.29, 0.717) is 0 Å². The molecule has 4 heteroatoms. The Kier molecular flexibility index (Phi) is 3.69. The van der Waals surface area contributed by atoms with E-state index < -0.39 is 0 Å². The van der Waals surface area contributed by atoms with Crippen molar-refractivity contribution in [1.29, 1.82) is 0 Å². The van der Waals surface area contributed by atoms with Crippen molar-refractivity contribution >= 4 is 66.5 Å². The highest BCUT2D eigenvalue weighted by atomic mass is 127. The first-order chi connectivity index (χ1) is 4.72. The van der Waals surface area contributed by atoms with Gasteiger partial charge in [-0.15, -0.1) is 0 Å². The van der Waals surface area contributed by atoms with E-state index in [1.165, 1.54) is 0 Å². The fourth-order valence-corrected chi connectivity index (χ4v) is 1.87. The van der Waals surface area contributed by atoms with E-state index in [4.69, 9.17) is 11.6 Å². The molecule has 0 unspecified atom stereocenters. The van der Waals surface area contributed by atoms with Gasteiger partial charge in [0.15, 0.2) is 0 Å². The predicted octanol–water partition coefficient (Wildman–Crippen LogP) is 4.44. The summed E-state index contributed by atoms with van der Waals surface area (Å²) in [6.45, 7) is 0. The summed E-state index contributed by atoms with van der Waals surface area (Å²) in [7, 11) is 0. The lowest BCUT2D eigenvalue weighted by atomic mass is 10.3. The van der Waals surface area contributed by atoms with Crippen LogP contribution < -0.4 is 0 Å². The molecule has 1 aromatic rings. The zero-order valence-electron chi connectivity index (χ0n) is 4.77. The van der Waals surface area contributed by atoms with E-state index in [2.05, 4.69) is 38.5 Å². The Morgan fingerprint density at radius 1 is 1.70 bits per heavy atom. The fourth-order valence-electron chi connectivity index (χ4n) is 0.498. The average Bonchev–Trinajstić information content (AvgIpc) is 2.36. The molecule has 0 aromatic carbocycles. The smallest absolute Gasteiger partial charge is 0.0751 e. The molecule has 0 atom stereocenters. The Labute approximate surface area is 90.5 Å². The third kappa shape index (κ3) is 2.22. The van der Waals surface area contributed by atoms with Crippen LogP contribution in [0.5, 0.6) is 0 Å². The molecule has 54 valence electrons. The van der Waals surface area contributed by atoms with E-state index in [0.717, 1.165) is 13.1 Å². The van der Waals surface area contributed by atoms with Crippen molar-refractivity contribution in [3.05, 3.63) is 24.9 Å². The highest BCUT2D eigenvalue weighted by Gasteiger charge is 2.00. The number of hydrogen-bond donors (Lipinski definition) is 0. The van der Waals surface area contributed by atoms with Crippen LogP contribution in [-0.2, 0) is 0 Å². The highest BCUT2D eigenvalue weighted by molar-refractivity contribution is 14.1. The largest absolute Gasteiger partial charge is 0.152 e. The average molecular weight is 349 g/mol. The molecule has 0 radical (unpaired) electrons. The van der Waals surface area contributed by atoms with Crippen LogP contribution in [0.2, 0.25) is 0 Å². The molecule has 10 heavy (non-hydrogen) atoms. The van der Waals surface area contributed by atoms with Crippen LogP contribution in [-0.4, -0.2) is 0 Å². The lowest BCUT2D eigenvalue weighted by Gasteiger charge is -1.92. The van der Waals surface area contributed by atoms with Gasteiger partial charge in [-0.05, 0) is 55.3 Å². The van der Waals surface area contributed by atoms with Gasteiger partial charge in [-0.2, -0.15) is 11.3 Å². The zero-order chi connectivity index (χ0) is 7.56. The van der Waals surface area contributed by atoms with Crippen molar-refractivity contribution in [3.8, 4) is 0 Å². The number of rotatable bonds is 1. The van der Waals surface area contributed by atoms with E-state index in [1.54, 1.807) is 11.3 Å². The maximum atomic E-state index is 5.91. The summed E-state index contributed by atoms with van der Waals surface area (Å²) in [5, 5.41) is 4.80. The molecule has 0 aliphatic rings. The molecule has 0 N–H and O–H groups in total. The van der Waals surface area contributed by atoms with Gasteiger partial charge < -0.3 is 0 Å². The minimum absolute atomic E-state index is 0.779. The van der Waals surface area contributed by atoms with Crippen LogP contribution in [0.15, 0.2) is 19.3 Å². The Bertz CT molecular complexity index is 238. The molecule has 0 nitrogen and oxygen atoms in total. The molecule has 0 aliphatic carbocycles. The monoisotopic (exact) mass is 348 g/mol. The van der Waals surface area contributed by atoms with Crippen LogP contribution in [0, 0.1) is 0 Å². The molecule has 0 amide bonds. The Hall–Kier alpha value is 0.940. The van der Waals surface area contributed by atoms with Crippen LogP contribution in [0.4, 0.5) is 0 Å². The van der Waals surface area contributed by atoms with Gasteiger partial charge in [0, 0.05) is 5.56 Å². The molecule has 0 fully saturated rings. The molecule has 1 aromatic heterocycles. The normalized spacial score (nSPS) is 13.1. The Morgan fingerprint density at radius 2 is 2.40 bits per heavy atom. The van der Waals surface area contributed by atoms with Gasteiger partial charge in [-0.3, -0.25) is 0 Å². The second-order valence-electron chi connectivity index (χ2n) is 1.59. The number of thiophene rings is 1. The fraction of sp³-hybridized carbons (Fsp3) is 0. The van der Waals surface area contributed by atoms with Crippen molar-refractivity contribution in [2.75, 3.05) is 0 Å². The number of halogens is 3. The second-order valence-corrected chi connectivity index (χ2v) is 6.10. The molecule has 0 spiro atoms. The lowest BCUT2D eigenvalue weighted by molar-refractivity contribution is 1.87. The molecule has 1 heterocycles. The first-order valence-corrected chi connectivity index (χ1v) is 5.64. The topological polar surface area (TPSA) is 0 Å². The summed E-state index contributed by atoms with van der Waals surface area (Å²) in [6.07, 6.45) is 0. The standard InChI is InChI=1S/C6H3BrClIS/c7-6(9)5(8)4-1-2-10-3-4/h1-3H/b6-5+. The second kappa shape index (κ2) is 4.09. The van der Waals surface area contributed by atoms with Crippen LogP contribution >= 0.6 is 61.5 Å². The molecule has 0 saturated heterocycles. The molecular weight excluding hydrogens is 346 g/mol. The van der Waals surface area contributed by atoms with E-state index in [9.17, 15) is 0 Å². The van der Waals surface area contributed by atoms with E-state index >= 15 is 0 Å². The van der Waals surface area contributed by atoms with E-state index in [-0.39, 0.29) is 0 Å². The summed E-state index contributed by atoms with van der Waals surface area (Å²) >= 11 is 13.0. The number of hydrogen-bond acceptors (Lipinski definition) is 1. The lowest BCUT2D eigenvalue weighted by Crippen LogP contribution is -1.67. The molecule has 0 saturated carbocycles. The Morgan fingerprint density at radius 3 is 2.80 bits per heavy atom. The van der Waals surface area contributed by atoms with Gasteiger partial charge in [0.25, 0.3) is 0 Å².